The molecule has 6 rings (SSSR count). The van der Waals surface area contributed by atoms with Gasteiger partial charge in [0, 0.05) is 11.8 Å². The van der Waals surface area contributed by atoms with Crippen LogP contribution in [0.15, 0.2) is 59.8 Å². The first kappa shape index (κ1) is 16.0. The van der Waals surface area contributed by atoms with Gasteiger partial charge in [0.15, 0.2) is 0 Å². The van der Waals surface area contributed by atoms with Gasteiger partial charge in [-0.25, -0.2) is 0 Å². The van der Waals surface area contributed by atoms with E-state index in [2.05, 4.69) is 36.3 Å². The molecule has 2 amide bonds. The molecule has 6 atom stereocenters. The molecule has 2 aromatic carbocycles. The Labute approximate surface area is 163 Å². The lowest BCUT2D eigenvalue weighted by Crippen LogP contribution is -2.41. The molecule has 0 unspecified atom stereocenters. The van der Waals surface area contributed by atoms with Crippen molar-refractivity contribution in [2.24, 2.45) is 34.7 Å². The minimum atomic E-state index is -0.272. The van der Waals surface area contributed by atoms with Gasteiger partial charge >= 0.3 is 0 Å². The third kappa shape index (κ3) is 1.94. The molecule has 2 aromatic rings. The van der Waals surface area contributed by atoms with Crippen LogP contribution in [0.3, 0.4) is 0 Å². The predicted molar refractivity (Wildman–Crippen MR) is 104 cm³/mol. The molecule has 140 valence electrons. The Morgan fingerprint density at radius 3 is 2.29 bits per heavy atom. The number of para-hydroxylation sites is 1. The maximum absolute atomic E-state index is 13.3. The van der Waals surface area contributed by atoms with Crippen molar-refractivity contribution in [1.82, 2.24) is 0 Å². The lowest BCUT2D eigenvalue weighted by Gasteiger charge is -2.29. The number of aryl methyl sites for hydroxylation is 1. The summed E-state index contributed by atoms with van der Waals surface area (Å²) in [6.45, 7) is 2.06. The van der Waals surface area contributed by atoms with Crippen LogP contribution in [-0.4, -0.2) is 23.6 Å². The van der Waals surface area contributed by atoms with Crippen LogP contribution in [0.1, 0.15) is 17.5 Å². The SMILES string of the molecule is Cc1ccc(C2=NO[C@@H]3[C@H]4C[C@H]([C@H]5C(=O)N(c6ccccc6)C(=O)[C@H]45)[C@H]23)cc1. The monoisotopic (exact) mass is 372 g/mol. The smallest absolute Gasteiger partial charge is 0.238 e. The molecule has 2 aliphatic heterocycles. The maximum atomic E-state index is 13.3. The van der Waals surface area contributed by atoms with E-state index in [0.717, 1.165) is 17.7 Å². The van der Waals surface area contributed by atoms with Gasteiger partial charge < -0.3 is 4.84 Å². The van der Waals surface area contributed by atoms with Crippen molar-refractivity contribution in [3.8, 4) is 0 Å². The summed E-state index contributed by atoms with van der Waals surface area (Å²) < 4.78 is 0. The van der Waals surface area contributed by atoms with Crippen LogP contribution in [-0.2, 0) is 14.4 Å². The van der Waals surface area contributed by atoms with Crippen LogP contribution in [0.25, 0.3) is 0 Å². The number of hydrogen-bond donors (Lipinski definition) is 0. The number of rotatable bonds is 2. The number of fused-ring (bicyclic) bond motifs is 8. The summed E-state index contributed by atoms with van der Waals surface area (Å²) in [7, 11) is 0. The highest BCUT2D eigenvalue weighted by Gasteiger charge is 2.70. The maximum Gasteiger partial charge on any atom is 0.238 e. The van der Waals surface area contributed by atoms with Crippen molar-refractivity contribution in [1.29, 1.82) is 0 Å². The molecule has 2 heterocycles. The molecule has 3 fully saturated rings. The van der Waals surface area contributed by atoms with Crippen LogP contribution >= 0.6 is 0 Å². The first-order valence-corrected chi connectivity index (χ1v) is 9.89. The molecule has 0 N–H and O–H groups in total. The summed E-state index contributed by atoms with van der Waals surface area (Å²) in [5.74, 6) is -0.365. The number of carbonyl (C=O) groups excluding carboxylic acids is 2. The number of oxime groups is 1. The Bertz CT molecular complexity index is 1010. The number of anilines is 1. The van der Waals surface area contributed by atoms with Crippen LogP contribution < -0.4 is 4.90 Å². The highest BCUT2D eigenvalue weighted by molar-refractivity contribution is 6.23. The Morgan fingerprint density at radius 2 is 1.57 bits per heavy atom. The number of benzene rings is 2. The van der Waals surface area contributed by atoms with E-state index < -0.39 is 0 Å². The third-order valence-electron chi connectivity index (χ3n) is 7.05. The van der Waals surface area contributed by atoms with E-state index in [1.54, 1.807) is 0 Å². The fourth-order valence-electron chi connectivity index (χ4n) is 5.92. The fourth-order valence-corrected chi connectivity index (χ4v) is 5.92. The number of nitrogens with zero attached hydrogens (tertiary/aromatic N) is 2. The summed E-state index contributed by atoms with van der Waals surface area (Å²) in [6, 6.07) is 17.6. The Kier molecular flexibility index (Phi) is 3.17. The van der Waals surface area contributed by atoms with Crippen LogP contribution in [0.5, 0.6) is 0 Å². The second-order valence-electron chi connectivity index (χ2n) is 8.40. The average molecular weight is 372 g/mol. The number of carbonyl (C=O) groups is 2. The summed E-state index contributed by atoms with van der Waals surface area (Å²) in [5.41, 5.74) is 3.86. The molecule has 1 saturated heterocycles. The number of hydrogen-bond acceptors (Lipinski definition) is 4. The first-order chi connectivity index (χ1) is 13.6. The van der Waals surface area contributed by atoms with Crippen LogP contribution in [0, 0.1) is 36.5 Å². The van der Waals surface area contributed by atoms with Crippen molar-refractivity contribution in [3.05, 3.63) is 65.7 Å². The van der Waals surface area contributed by atoms with Crippen LogP contribution in [0.4, 0.5) is 5.69 Å². The second kappa shape index (κ2) is 5.53. The summed E-state index contributed by atoms with van der Waals surface area (Å²) in [5, 5.41) is 4.40. The summed E-state index contributed by atoms with van der Waals surface area (Å²) >= 11 is 0. The van der Waals surface area contributed by atoms with E-state index in [1.807, 2.05) is 30.3 Å². The van der Waals surface area contributed by atoms with Gasteiger partial charge in [0.1, 0.15) is 6.10 Å². The molecular weight excluding hydrogens is 352 g/mol. The molecule has 28 heavy (non-hydrogen) atoms. The molecular formula is C23H20N2O3. The first-order valence-electron chi connectivity index (χ1n) is 9.89. The molecule has 0 radical (unpaired) electrons. The average Bonchev–Trinajstić information content (AvgIpc) is 3.44. The molecule has 0 aromatic heterocycles. The van der Waals surface area contributed by atoms with Gasteiger partial charge in [-0.3, -0.25) is 14.5 Å². The Morgan fingerprint density at radius 1 is 0.893 bits per heavy atom. The molecule has 2 aliphatic carbocycles. The molecule has 5 nitrogen and oxygen atoms in total. The van der Waals surface area contributed by atoms with Crippen molar-refractivity contribution in [2.75, 3.05) is 4.90 Å². The van der Waals surface area contributed by atoms with E-state index in [0.29, 0.717) is 5.69 Å². The van der Waals surface area contributed by atoms with Gasteiger partial charge in [-0.2, -0.15) is 0 Å². The van der Waals surface area contributed by atoms with Crippen molar-refractivity contribution in [3.63, 3.8) is 0 Å². The van der Waals surface area contributed by atoms with Gasteiger partial charge in [0.25, 0.3) is 0 Å². The van der Waals surface area contributed by atoms with E-state index in [9.17, 15) is 9.59 Å². The van der Waals surface area contributed by atoms with Crippen molar-refractivity contribution >= 4 is 23.2 Å². The highest BCUT2D eigenvalue weighted by atomic mass is 16.6. The Balaban J connectivity index is 1.36. The predicted octanol–water partition coefficient (Wildman–Crippen LogP) is 3.17. The lowest BCUT2D eigenvalue weighted by molar-refractivity contribution is -0.125. The van der Waals surface area contributed by atoms with E-state index >= 15 is 0 Å². The minimum absolute atomic E-state index is 0.0534. The summed E-state index contributed by atoms with van der Waals surface area (Å²) in [6.07, 6.45) is 0.783. The topological polar surface area (TPSA) is 59.0 Å². The van der Waals surface area contributed by atoms with Gasteiger partial charge in [-0.15, -0.1) is 0 Å². The van der Waals surface area contributed by atoms with E-state index in [1.165, 1.54) is 10.5 Å². The van der Waals surface area contributed by atoms with Gasteiger partial charge in [0.05, 0.1) is 23.2 Å². The van der Waals surface area contributed by atoms with E-state index in [-0.39, 0.29) is 47.5 Å². The zero-order valence-electron chi connectivity index (χ0n) is 15.5. The zero-order chi connectivity index (χ0) is 19.0. The Hall–Kier alpha value is -2.95. The number of amides is 2. The quantitative estimate of drug-likeness (QED) is 0.761. The number of imide groups is 1. The highest BCUT2D eigenvalue weighted by Crippen LogP contribution is 2.61. The minimum Gasteiger partial charge on any atom is -0.391 e. The fraction of sp³-hybridized carbons (Fsp3) is 0.348. The normalized spacial score (nSPS) is 35.0. The standard InChI is InChI=1S/C23H20N2O3/c1-12-7-9-13(10-8-12)20-19-15-11-16(21(19)28-24-20)18-17(15)22(26)25(23(18)27)14-5-3-2-4-6-14/h2-10,15-19,21H,11H2,1H3/t15-,16+,17-,18-,19-,21-/m1/s1. The molecule has 4 aliphatic rings. The van der Waals surface area contributed by atoms with Gasteiger partial charge in [-0.05, 0) is 37.0 Å². The molecule has 2 bridgehead atoms. The van der Waals surface area contributed by atoms with E-state index in [4.69, 9.17) is 4.84 Å². The second-order valence-corrected chi connectivity index (χ2v) is 8.40. The summed E-state index contributed by atoms with van der Waals surface area (Å²) in [4.78, 5) is 33.7. The van der Waals surface area contributed by atoms with Gasteiger partial charge in [-0.1, -0.05) is 53.2 Å². The van der Waals surface area contributed by atoms with Crippen LogP contribution in [0.2, 0.25) is 0 Å². The molecule has 2 saturated carbocycles. The van der Waals surface area contributed by atoms with Crippen molar-refractivity contribution in [2.45, 2.75) is 19.4 Å². The largest absolute Gasteiger partial charge is 0.391 e. The van der Waals surface area contributed by atoms with Crippen molar-refractivity contribution < 1.29 is 14.4 Å². The third-order valence-corrected chi connectivity index (χ3v) is 7.05. The van der Waals surface area contributed by atoms with Gasteiger partial charge in [0.2, 0.25) is 11.8 Å². The zero-order valence-corrected chi connectivity index (χ0v) is 15.5. The molecule has 5 heteroatoms. The molecule has 0 spiro atoms. The lowest BCUT2D eigenvalue weighted by atomic mass is 9.71.